The Bertz CT molecular complexity index is 397. The fourth-order valence-electron chi connectivity index (χ4n) is 1.05. The minimum absolute atomic E-state index is 0.127. The summed E-state index contributed by atoms with van der Waals surface area (Å²) in [4.78, 5) is 10.8. The molecule has 0 saturated heterocycles. The van der Waals surface area contributed by atoms with E-state index in [1.165, 1.54) is 0 Å². The van der Waals surface area contributed by atoms with E-state index in [4.69, 9.17) is 16.7 Å². The zero-order chi connectivity index (χ0) is 10.6. The van der Waals surface area contributed by atoms with Crippen LogP contribution in [0.2, 0.25) is 5.02 Å². The minimum atomic E-state index is -1.08. The van der Waals surface area contributed by atoms with Gasteiger partial charge in [-0.15, -0.1) is 0 Å². The molecule has 5 heteroatoms. The maximum absolute atomic E-state index is 10.8. The summed E-state index contributed by atoms with van der Waals surface area (Å²) in [5, 5.41) is 10.3. The van der Waals surface area contributed by atoms with Crippen molar-refractivity contribution in [3.8, 4) is 0 Å². The van der Waals surface area contributed by atoms with Crippen LogP contribution in [0.15, 0.2) is 24.3 Å². The predicted molar refractivity (Wildman–Crippen MR) is 56.0 cm³/mol. The monoisotopic (exact) mass is 230 g/mol. The van der Waals surface area contributed by atoms with Crippen molar-refractivity contribution in [3.05, 3.63) is 34.9 Å². The highest BCUT2D eigenvalue weighted by atomic mass is 35.5. The number of halogens is 1. The molecule has 0 aromatic heterocycles. The standard InChI is InChI=1S/C9H7ClO3S/c10-8-4-2-1-3-6(8)7(5-14-13)9(11)12/h1-5,7H,(H,11,12). The van der Waals surface area contributed by atoms with Crippen LogP contribution in [0, 0.1) is 0 Å². The molecule has 0 aliphatic heterocycles. The van der Waals surface area contributed by atoms with Gasteiger partial charge in [0.05, 0.1) is 11.3 Å². The molecule has 0 radical (unpaired) electrons. The van der Waals surface area contributed by atoms with Crippen molar-refractivity contribution in [3.63, 3.8) is 0 Å². The zero-order valence-corrected chi connectivity index (χ0v) is 8.59. The van der Waals surface area contributed by atoms with E-state index in [0.29, 0.717) is 10.6 Å². The summed E-state index contributed by atoms with van der Waals surface area (Å²) < 4.78 is 10.3. The van der Waals surface area contributed by atoms with Crippen LogP contribution >= 0.6 is 11.6 Å². The quantitative estimate of drug-likeness (QED) is 0.802. The second kappa shape index (κ2) is 4.93. The topological polar surface area (TPSA) is 54.4 Å². The van der Waals surface area contributed by atoms with Crippen molar-refractivity contribution in [2.75, 3.05) is 0 Å². The molecule has 74 valence electrons. The summed E-state index contributed by atoms with van der Waals surface area (Å²) >= 11 is 5.93. The molecule has 1 N–H and O–H groups in total. The third-order valence-corrected chi connectivity index (χ3v) is 2.43. The van der Waals surface area contributed by atoms with Crippen LogP contribution in [0.3, 0.4) is 0 Å². The second-order valence-corrected chi connectivity index (χ2v) is 3.44. The molecule has 0 fully saturated rings. The maximum Gasteiger partial charge on any atom is 0.315 e. The highest BCUT2D eigenvalue weighted by Crippen LogP contribution is 2.23. The largest absolute Gasteiger partial charge is 0.481 e. The summed E-state index contributed by atoms with van der Waals surface area (Å²) in [6, 6.07) is 6.57. The van der Waals surface area contributed by atoms with E-state index in [9.17, 15) is 9.00 Å². The molecule has 14 heavy (non-hydrogen) atoms. The molecule has 3 nitrogen and oxygen atoms in total. The zero-order valence-electron chi connectivity index (χ0n) is 7.01. The number of benzene rings is 1. The molecule has 0 aliphatic carbocycles. The van der Waals surface area contributed by atoms with Crippen molar-refractivity contribution in [1.82, 2.24) is 0 Å². The van der Waals surface area contributed by atoms with Gasteiger partial charge in [-0.1, -0.05) is 29.8 Å². The lowest BCUT2D eigenvalue weighted by Gasteiger charge is -2.07. The molecular formula is C9H7ClO3S. The Hall–Kier alpha value is -1.13. The first-order valence-corrected chi connectivity index (χ1v) is 4.94. The van der Waals surface area contributed by atoms with Crippen LogP contribution in [0.25, 0.3) is 0 Å². The molecule has 0 saturated carbocycles. The summed E-state index contributed by atoms with van der Waals surface area (Å²) in [6.07, 6.45) is 0. The number of carbonyl (C=O) groups is 1. The van der Waals surface area contributed by atoms with Gasteiger partial charge in [0.2, 0.25) is 0 Å². The highest BCUT2D eigenvalue weighted by Gasteiger charge is 2.19. The van der Waals surface area contributed by atoms with Gasteiger partial charge in [0.15, 0.2) is 0 Å². The molecule has 0 amide bonds. The number of hydrogen-bond acceptors (Lipinski definition) is 2. The van der Waals surface area contributed by atoms with Crippen molar-refractivity contribution >= 4 is 34.2 Å². The highest BCUT2D eigenvalue weighted by molar-refractivity contribution is 7.65. The number of carboxylic acid groups (broad SMARTS) is 1. The molecule has 1 rings (SSSR count). The number of rotatable bonds is 3. The van der Waals surface area contributed by atoms with Gasteiger partial charge in [-0.05, 0) is 11.6 Å². The Morgan fingerprint density at radius 1 is 1.50 bits per heavy atom. The van der Waals surface area contributed by atoms with Crippen LogP contribution < -0.4 is 0 Å². The molecule has 1 atom stereocenters. The fourth-order valence-corrected chi connectivity index (χ4v) is 1.67. The Morgan fingerprint density at radius 3 is 2.64 bits per heavy atom. The van der Waals surface area contributed by atoms with Gasteiger partial charge in [0.25, 0.3) is 0 Å². The van der Waals surface area contributed by atoms with Gasteiger partial charge >= 0.3 is 5.97 Å². The van der Waals surface area contributed by atoms with Crippen molar-refractivity contribution in [2.24, 2.45) is 0 Å². The number of aliphatic carboxylic acids is 1. The third kappa shape index (κ3) is 2.43. The summed E-state index contributed by atoms with van der Waals surface area (Å²) in [5.74, 6) is -2.03. The Morgan fingerprint density at radius 2 is 2.14 bits per heavy atom. The van der Waals surface area contributed by atoms with Crippen molar-refractivity contribution in [1.29, 1.82) is 0 Å². The maximum atomic E-state index is 10.8. The van der Waals surface area contributed by atoms with Crippen LogP contribution in [-0.2, 0) is 16.1 Å². The van der Waals surface area contributed by atoms with E-state index >= 15 is 0 Å². The van der Waals surface area contributed by atoms with E-state index in [1.807, 2.05) is 0 Å². The van der Waals surface area contributed by atoms with Crippen molar-refractivity contribution in [2.45, 2.75) is 5.92 Å². The van der Waals surface area contributed by atoms with Gasteiger partial charge in [-0.2, -0.15) is 0 Å². The minimum Gasteiger partial charge on any atom is -0.481 e. The predicted octanol–water partition coefficient (Wildman–Crippen LogP) is 1.52. The van der Waals surface area contributed by atoms with E-state index < -0.39 is 11.9 Å². The summed E-state index contributed by atoms with van der Waals surface area (Å²) in [5.41, 5.74) is 0.435. The van der Waals surface area contributed by atoms with Crippen LogP contribution in [0.4, 0.5) is 0 Å². The molecule has 1 aromatic rings. The molecule has 0 spiro atoms. The lowest BCUT2D eigenvalue weighted by Crippen LogP contribution is -2.13. The molecule has 1 aromatic carbocycles. The number of hydrogen-bond donors (Lipinski definition) is 1. The fraction of sp³-hybridized carbons (Fsp3) is 0.111. The van der Waals surface area contributed by atoms with E-state index in [2.05, 4.69) is 0 Å². The van der Waals surface area contributed by atoms with Crippen LogP contribution in [0.5, 0.6) is 0 Å². The van der Waals surface area contributed by atoms with Gasteiger partial charge < -0.3 is 5.11 Å². The van der Waals surface area contributed by atoms with Crippen LogP contribution in [0.1, 0.15) is 11.5 Å². The summed E-state index contributed by atoms with van der Waals surface area (Å²) in [6.45, 7) is 0. The molecule has 1 unspecified atom stereocenters. The van der Waals surface area contributed by atoms with Gasteiger partial charge in [-0.3, -0.25) is 4.79 Å². The number of carboxylic acids is 1. The average molecular weight is 231 g/mol. The van der Waals surface area contributed by atoms with Gasteiger partial charge in [0, 0.05) is 10.4 Å². The van der Waals surface area contributed by atoms with Gasteiger partial charge in [0.1, 0.15) is 5.92 Å². The van der Waals surface area contributed by atoms with Crippen LogP contribution in [-0.4, -0.2) is 20.7 Å². The smallest absolute Gasteiger partial charge is 0.315 e. The second-order valence-electron chi connectivity index (χ2n) is 2.57. The lowest BCUT2D eigenvalue weighted by atomic mass is 10.0. The van der Waals surface area contributed by atoms with E-state index in [-0.39, 0.29) is 11.3 Å². The van der Waals surface area contributed by atoms with Crippen molar-refractivity contribution < 1.29 is 14.1 Å². The lowest BCUT2D eigenvalue weighted by molar-refractivity contribution is -0.136. The summed E-state index contributed by atoms with van der Waals surface area (Å²) in [7, 11) is 0. The Balaban J connectivity index is 3.18. The third-order valence-electron chi connectivity index (χ3n) is 1.70. The molecule has 0 bridgehead atoms. The molecular weight excluding hydrogens is 224 g/mol. The first-order valence-electron chi connectivity index (χ1n) is 3.76. The Kier molecular flexibility index (Phi) is 3.85. The average Bonchev–Trinajstić information content (AvgIpc) is 2.15. The first-order chi connectivity index (χ1) is 6.66. The first kappa shape index (κ1) is 10.9. The molecule has 0 heterocycles. The molecule has 0 aliphatic rings. The Labute approximate surface area is 89.4 Å². The van der Waals surface area contributed by atoms with E-state index in [0.717, 1.165) is 5.37 Å². The normalized spacial score (nSPS) is 11.8. The van der Waals surface area contributed by atoms with E-state index in [1.54, 1.807) is 24.3 Å². The SMILES string of the molecule is O=S=CC(C(=O)O)c1ccccc1Cl. The van der Waals surface area contributed by atoms with Gasteiger partial charge in [-0.25, -0.2) is 4.21 Å².